The van der Waals surface area contributed by atoms with Crippen LogP contribution in [-0.4, -0.2) is 43.7 Å². The molecule has 0 fully saturated rings. The van der Waals surface area contributed by atoms with E-state index in [1.165, 1.54) is 0 Å². The van der Waals surface area contributed by atoms with Crippen molar-refractivity contribution in [3.8, 4) is 0 Å². The van der Waals surface area contributed by atoms with Crippen LogP contribution >= 0.6 is 0 Å². The van der Waals surface area contributed by atoms with Crippen molar-refractivity contribution in [2.75, 3.05) is 24.2 Å². The molecule has 1 amide bonds. The number of nitrogens with one attached hydrogen (secondary N) is 2. The Balaban J connectivity index is 1.37. The Kier molecular flexibility index (Phi) is 4.64. The van der Waals surface area contributed by atoms with Gasteiger partial charge in [-0.15, -0.1) is 0 Å². The fourth-order valence-corrected chi connectivity index (χ4v) is 3.13. The van der Waals surface area contributed by atoms with Crippen molar-refractivity contribution in [3.05, 3.63) is 59.8 Å². The minimum atomic E-state index is -0.158. The van der Waals surface area contributed by atoms with Crippen LogP contribution in [0.1, 0.15) is 21.9 Å². The first-order valence-electron chi connectivity index (χ1n) is 8.95. The number of aryl methyl sites for hydroxylation is 1. The number of fused-ring (bicyclic) bond motifs is 1. The van der Waals surface area contributed by atoms with Gasteiger partial charge in [0.1, 0.15) is 5.82 Å². The first-order valence-corrected chi connectivity index (χ1v) is 8.95. The topological polar surface area (TPSA) is 80.0 Å². The number of nitrogens with zero attached hydrogens (tertiary/aromatic N) is 5. The molecule has 0 atom stereocenters. The van der Waals surface area contributed by atoms with Gasteiger partial charge in [0.2, 0.25) is 0 Å². The van der Waals surface area contributed by atoms with E-state index in [1.807, 2.05) is 40.7 Å². The summed E-state index contributed by atoms with van der Waals surface area (Å²) in [4.78, 5) is 19.0. The second-order valence-corrected chi connectivity index (χ2v) is 6.82. The van der Waals surface area contributed by atoms with E-state index < -0.39 is 0 Å². The average Bonchev–Trinajstić information content (AvgIpc) is 3.25. The van der Waals surface area contributed by atoms with Crippen molar-refractivity contribution in [1.29, 1.82) is 0 Å². The highest BCUT2D eigenvalue weighted by atomic mass is 16.1. The van der Waals surface area contributed by atoms with Crippen LogP contribution in [0.5, 0.6) is 0 Å². The molecule has 1 aliphatic heterocycles. The van der Waals surface area contributed by atoms with E-state index in [4.69, 9.17) is 0 Å². The van der Waals surface area contributed by atoms with Gasteiger partial charge in [-0.25, -0.2) is 4.98 Å². The summed E-state index contributed by atoms with van der Waals surface area (Å²) < 4.78 is 3.93. The van der Waals surface area contributed by atoms with E-state index in [-0.39, 0.29) is 5.91 Å². The number of likely N-dealkylation sites (N-methyl/N-ethyl adjacent to an activating group) is 1. The molecule has 0 saturated heterocycles. The molecule has 2 N–H and O–H groups in total. The SMILES string of the molecule is CN1CCn2nc(NC(=O)c3ccc(NCc4nccn4C)cc3)cc2C1. The zero-order chi connectivity index (χ0) is 18.8. The molecule has 2 aromatic heterocycles. The second kappa shape index (κ2) is 7.24. The Morgan fingerprint density at radius 3 is 2.74 bits per heavy atom. The van der Waals surface area contributed by atoms with Crippen molar-refractivity contribution >= 4 is 17.4 Å². The molecule has 0 saturated carbocycles. The largest absolute Gasteiger partial charge is 0.378 e. The number of hydrogen-bond donors (Lipinski definition) is 2. The van der Waals surface area contributed by atoms with Gasteiger partial charge < -0.3 is 15.2 Å². The Labute approximate surface area is 157 Å². The van der Waals surface area contributed by atoms with Gasteiger partial charge in [0, 0.05) is 49.8 Å². The zero-order valence-corrected chi connectivity index (χ0v) is 15.5. The molecule has 8 heteroatoms. The maximum atomic E-state index is 12.5. The molecule has 0 spiro atoms. The lowest BCUT2D eigenvalue weighted by atomic mass is 10.2. The van der Waals surface area contributed by atoms with Gasteiger partial charge in [-0.2, -0.15) is 5.10 Å². The fraction of sp³-hybridized carbons (Fsp3) is 0.316. The Morgan fingerprint density at radius 2 is 2.00 bits per heavy atom. The Hall–Kier alpha value is -3.13. The van der Waals surface area contributed by atoms with Crippen molar-refractivity contribution in [1.82, 2.24) is 24.2 Å². The molecule has 0 unspecified atom stereocenters. The first kappa shape index (κ1) is 17.3. The van der Waals surface area contributed by atoms with Crippen molar-refractivity contribution < 1.29 is 4.79 Å². The molecule has 140 valence electrons. The Bertz CT molecular complexity index is 941. The number of carbonyl (C=O) groups excluding carboxylic acids is 1. The minimum Gasteiger partial charge on any atom is -0.378 e. The third-order valence-electron chi connectivity index (χ3n) is 4.75. The maximum Gasteiger partial charge on any atom is 0.256 e. The molecule has 0 radical (unpaired) electrons. The highest BCUT2D eigenvalue weighted by Gasteiger charge is 2.17. The van der Waals surface area contributed by atoms with Gasteiger partial charge in [0.25, 0.3) is 5.91 Å². The van der Waals surface area contributed by atoms with Gasteiger partial charge in [0.05, 0.1) is 18.8 Å². The molecule has 3 heterocycles. The number of imidazole rings is 1. The number of benzene rings is 1. The van der Waals surface area contributed by atoms with E-state index in [1.54, 1.807) is 18.3 Å². The quantitative estimate of drug-likeness (QED) is 0.722. The third kappa shape index (κ3) is 3.85. The molecule has 3 aromatic rings. The lowest BCUT2D eigenvalue weighted by molar-refractivity contribution is 0.102. The van der Waals surface area contributed by atoms with Crippen LogP contribution in [0, 0.1) is 0 Å². The van der Waals surface area contributed by atoms with E-state index in [9.17, 15) is 4.79 Å². The lowest BCUT2D eigenvalue weighted by Gasteiger charge is -2.22. The molecule has 4 rings (SSSR count). The van der Waals surface area contributed by atoms with Crippen LogP contribution in [0.15, 0.2) is 42.7 Å². The third-order valence-corrected chi connectivity index (χ3v) is 4.75. The number of hydrogen-bond acceptors (Lipinski definition) is 5. The zero-order valence-electron chi connectivity index (χ0n) is 15.5. The fourth-order valence-electron chi connectivity index (χ4n) is 3.13. The van der Waals surface area contributed by atoms with E-state index >= 15 is 0 Å². The maximum absolute atomic E-state index is 12.5. The molecule has 1 aromatic carbocycles. The van der Waals surface area contributed by atoms with E-state index in [0.29, 0.717) is 17.9 Å². The monoisotopic (exact) mass is 365 g/mol. The van der Waals surface area contributed by atoms with Crippen LogP contribution in [0.2, 0.25) is 0 Å². The van der Waals surface area contributed by atoms with Gasteiger partial charge in [0.15, 0.2) is 5.82 Å². The summed E-state index contributed by atoms with van der Waals surface area (Å²) in [7, 11) is 4.04. The molecule has 27 heavy (non-hydrogen) atoms. The van der Waals surface area contributed by atoms with Crippen LogP contribution in [-0.2, 0) is 26.7 Å². The standard InChI is InChI=1S/C19H23N7O/c1-24-9-10-26-16(13-24)11-17(23-26)22-19(27)14-3-5-15(6-4-14)21-12-18-20-7-8-25(18)2/h3-8,11,21H,9-10,12-13H2,1-2H3,(H,22,23,27). The molecule has 0 bridgehead atoms. The van der Waals surface area contributed by atoms with E-state index in [0.717, 1.165) is 36.8 Å². The predicted octanol–water partition coefficient (Wildman–Crippen LogP) is 1.93. The predicted molar refractivity (Wildman–Crippen MR) is 103 cm³/mol. The molecule has 0 aliphatic carbocycles. The molecular weight excluding hydrogens is 342 g/mol. The summed E-state index contributed by atoms with van der Waals surface area (Å²) in [5, 5.41) is 10.7. The highest BCUT2D eigenvalue weighted by Crippen LogP contribution is 2.17. The van der Waals surface area contributed by atoms with Crippen LogP contribution < -0.4 is 10.6 Å². The summed E-state index contributed by atoms with van der Waals surface area (Å²) in [5.41, 5.74) is 2.66. The number of carbonyl (C=O) groups is 1. The van der Waals surface area contributed by atoms with Gasteiger partial charge in [-0.1, -0.05) is 0 Å². The molecule has 1 aliphatic rings. The molecular formula is C19H23N7O. The summed E-state index contributed by atoms with van der Waals surface area (Å²) in [5.74, 6) is 1.39. The first-order chi connectivity index (χ1) is 13.1. The van der Waals surface area contributed by atoms with Crippen LogP contribution in [0.4, 0.5) is 11.5 Å². The number of rotatable bonds is 5. The van der Waals surface area contributed by atoms with Crippen molar-refractivity contribution in [2.45, 2.75) is 19.6 Å². The highest BCUT2D eigenvalue weighted by molar-refractivity contribution is 6.03. The van der Waals surface area contributed by atoms with E-state index in [2.05, 4.69) is 32.7 Å². The lowest BCUT2D eigenvalue weighted by Crippen LogP contribution is -2.30. The summed E-state index contributed by atoms with van der Waals surface area (Å²) in [6.45, 7) is 3.29. The average molecular weight is 365 g/mol. The summed E-state index contributed by atoms with van der Waals surface area (Å²) in [6.07, 6.45) is 3.69. The Morgan fingerprint density at radius 1 is 1.19 bits per heavy atom. The summed E-state index contributed by atoms with van der Waals surface area (Å²) in [6, 6.07) is 9.34. The molecule has 8 nitrogen and oxygen atoms in total. The van der Waals surface area contributed by atoms with Gasteiger partial charge in [-0.05, 0) is 31.3 Å². The van der Waals surface area contributed by atoms with Gasteiger partial charge >= 0.3 is 0 Å². The number of amides is 1. The van der Waals surface area contributed by atoms with Crippen molar-refractivity contribution in [3.63, 3.8) is 0 Å². The minimum absolute atomic E-state index is 0.158. The summed E-state index contributed by atoms with van der Waals surface area (Å²) >= 11 is 0. The number of aromatic nitrogens is 4. The number of anilines is 2. The van der Waals surface area contributed by atoms with Crippen molar-refractivity contribution in [2.24, 2.45) is 7.05 Å². The second-order valence-electron chi connectivity index (χ2n) is 6.82. The van der Waals surface area contributed by atoms with Gasteiger partial charge in [-0.3, -0.25) is 14.4 Å². The van der Waals surface area contributed by atoms with Crippen LogP contribution in [0.25, 0.3) is 0 Å². The van der Waals surface area contributed by atoms with Crippen LogP contribution in [0.3, 0.4) is 0 Å². The smallest absolute Gasteiger partial charge is 0.256 e. The normalized spacial score (nSPS) is 14.0.